The maximum absolute atomic E-state index is 15.1. The van der Waals surface area contributed by atoms with Crippen molar-refractivity contribution >= 4 is 41.5 Å². The SMILES string of the molecule is CNC1CCCC(F)(F)C1[N+](C)(C)c1ncc(C(N)=O)c(Nc2cccc(NN=CC=N)c2)n1. The molecule has 0 aliphatic heterocycles. The number of rotatable bonds is 9. The molecule has 2 unspecified atom stereocenters. The van der Waals surface area contributed by atoms with Gasteiger partial charge < -0.3 is 21.8 Å². The van der Waals surface area contributed by atoms with Gasteiger partial charge in [-0.3, -0.25) is 14.7 Å². The molecule has 2 aromatic rings. The maximum atomic E-state index is 15.1. The van der Waals surface area contributed by atoms with E-state index in [1.165, 1.54) is 12.4 Å². The second-order valence-corrected chi connectivity index (χ2v) is 8.59. The number of alkyl halides is 2. The summed E-state index contributed by atoms with van der Waals surface area (Å²) in [6.07, 6.45) is 4.41. The van der Waals surface area contributed by atoms with Crippen molar-refractivity contribution in [1.82, 2.24) is 19.8 Å². The van der Waals surface area contributed by atoms with Crippen LogP contribution in [0.1, 0.15) is 29.6 Å². The van der Waals surface area contributed by atoms with Gasteiger partial charge in [-0.05, 0) is 38.1 Å². The van der Waals surface area contributed by atoms with Gasteiger partial charge in [0.25, 0.3) is 5.91 Å². The van der Waals surface area contributed by atoms with E-state index in [0.717, 1.165) is 6.21 Å². The molecule has 1 heterocycles. The summed E-state index contributed by atoms with van der Waals surface area (Å²) < 4.78 is 29.9. The number of benzene rings is 1. The van der Waals surface area contributed by atoms with Crippen LogP contribution >= 0.6 is 0 Å². The number of halogens is 2. The number of carbonyl (C=O) groups is 1. The zero-order valence-corrected chi connectivity index (χ0v) is 19.3. The van der Waals surface area contributed by atoms with Crippen molar-refractivity contribution in [2.45, 2.75) is 37.3 Å². The van der Waals surface area contributed by atoms with Gasteiger partial charge in [-0.2, -0.15) is 23.9 Å². The fourth-order valence-electron chi connectivity index (χ4n) is 4.38. The Labute approximate surface area is 196 Å². The molecule has 0 bridgehead atoms. The first kappa shape index (κ1) is 25.1. The number of anilines is 3. The van der Waals surface area contributed by atoms with E-state index in [1.54, 1.807) is 45.4 Å². The molecule has 1 aromatic heterocycles. The number of nitrogens with two attached hydrogens (primary N) is 1. The number of hydrazone groups is 1. The minimum absolute atomic E-state index is 0.0320. The molecule has 0 saturated heterocycles. The second-order valence-electron chi connectivity index (χ2n) is 8.59. The molecule has 2 atom stereocenters. The Morgan fingerprint density at radius 3 is 2.76 bits per heavy atom. The summed E-state index contributed by atoms with van der Waals surface area (Å²) in [5.74, 6) is -3.43. The van der Waals surface area contributed by atoms with Crippen LogP contribution in [0.2, 0.25) is 0 Å². The van der Waals surface area contributed by atoms with Gasteiger partial charge in [0.2, 0.25) is 0 Å². The fraction of sp³-hybridized carbons (Fsp3) is 0.409. The number of nitrogens with one attached hydrogen (secondary N) is 4. The van der Waals surface area contributed by atoms with Crippen LogP contribution in [0.5, 0.6) is 0 Å². The standard InChI is InChI=1S/C22H29F2N9O/c1-27-17-8-5-9-22(23,24)18(17)33(2,3)21-28-13-16(19(26)34)20(31-21)30-14-6-4-7-15(12-14)32-29-11-10-25/h4,6-7,10-13,17-18,27H,5,8-9H2,1-3H3,(H4-,25,26,28,30,31,32,34)/p+1. The zero-order valence-electron chi connectivity index (χ0n) is 19.3. The maximum Gasteiger partial charge on any atom is 0.330 e. The molecule has 1 aliphatic rings. The van der Waals surface area contributed by atoms with Gasteiger partial charge in [-0.25, -0.2) is 0 Å². The third kappa shape index (κ3) is 5.34. The van der Waals surface area contributed by atoms with E-state index in [1.807, 2.05) is 0 Å². The van der Waals surface area contributed by atoms with E-state index in [2.05, 4.69) is 31.1 Å². The van der Waals surface area contributed by atoms with Crippen molar-refractivity contribution in [1.29, 1.82) is 5.41 Å². The van der Waals surface area contributed by atoms with Crippen molar-refractivity contribution in [3.8, 4) is 0 Å². The van der Waals surface area contributed by atoms with Crippen molar-refractivity contribution < 1.29 is 13.6 Å². The average Bonchev–Trinajstić information content (AvgIpc) is 2.78. The molecule has 3 rings (SSSR count). The molecule has 12 heteroatoms. The smallest absolute Gasteiger partial charge is 0.330 e. The van der Waals surface area contributed by atoms with Crippen molar-refractivity contribution in [2.24, 2.45) is 10.8 Å². The molecule has 34 heavy (non-hydrogen) atoms. The summed E-state index contributed by atoms with van der Waals surface area (Å²) in [6.45, 7) is 0. The molecule has 1 fully saturated rings. The number of likely N-dealkylation sites (N-methyl/N-ethyl adjacent to an activating group) is 2. The molecule has 182 valence electrons. The lowest BCUT2D eigenvalue weighted by Crippen LogP contribution is -2.68. The Kier molecular flexibility index (Phi) is 7.52. The Balaban J connectivity index is 1.99. The normalized spacial score (nSPS) is 20.1. The fourth-order valence-corrected chi connectivity index (χ4v) is 4.38. The van der Waals surface area contributed by atoms with E-state index in [9.17, 15) is 4.79 Å². The van der Waals surface area contributed by atoms with Crippen molar-refractivity contribution in [2.75, 3.05) is 31.9 Å². The number of carbonyl (C=O) groups excluding carboxylic acids is 1. The van der Waals surface area contributed by atoms with Crippen LogP contribution in [0.3, 0.4) is 0 Å². The van der Waals surface area contributed by atoms with Gasteiger partial charge in [-0.1, -0.05) is 6.07 Å². The minimum Gasteiger partial charge on any atom is -0.365 e. The van der Waals surface area contributed by atoms with Crippen LogP contribution in [0.4, 0.5) is 31.9 Å². The molecule has 1 amide bonds. The summed E-state index contributed by atoms with van der Waals surface area (Å²) in [7, 11) is 4.96. The summed E-state index contributed by atoms with van der Waals surface area (Å²) in [6, 6.07) is 5.42. The Hall–Kier alpha value is -3.51. The van der Waals surface area contributed by atoms with Crippen LogP contribution < -0.4 is 26.3 Å². The van der Waals surface area contributed by atoms with Gasteiger partial charge in [0.05, 0.1) is 38.2 Å². The average molecular weight is 475 g/mol. The van der Waals surface area contributed by atoms with Crippen molar-refractivity contribution in [3.63, 3.8) is 0 Å². The zero-order chi connectivity index (χ0) is 24.9. The Morgan fingerprint density at radius 1 is 1.35 bits per heavy atom. The summed E-state index contributed by atoms with van der Waals surface area (Å²) in [5, 5.41) is 16.9. The van der Waals surface area contributed by atoms with Crippen LogP contribution in [-0.4, -0.2) is 67.5 Å². The Bertz CT molecular complexity index is 1070. The minimum atomic E-state index is -2.92. The van der Waals surface area contributed by atoms with Crippen LogP contribution in [0.15, 0.2) is 35.6 Å². The first-order valence-corrected chi connectivity index (χ1v) is 10.8. The highest BCUT2D eigenvalue weighted by atomic mass is 19.3. The highest BCUT2D eigenvalue weighted by Gasteiger charge is 2.57. The molecule has 1 aliphatic carbocycles. The predicted octanol–water partition coefficient (Wildman–Crippen LogP) is 2.71. The largest absolute Gasteiger partial charge is 0.365 e. The lowest BCUT2D eigenvalue weighted by Gasteiger charge is -2.45. The topological polar surface area (TPSA) is 141 Å². The van der Waals surface area contributed by atoms with Gasteiger partial charge in [0.1, 0.15) is 5.56 Å². The summed E-state index contributed by atoms with van der Waals surface area (Å²) in [4.78, 5) is 20.8. The molecule has 0 spiro atoms. The van der Waals surface area contributed by atoms with E-state index in [-0.39, 0.29) is 28.2 Å². The third-order valence-electron chi connectivity index (χ3n) is 5.93. The number of quaternary nitrogens is 1. The van der Waals surface area contributed by atoms with Gasteiger partial charge in [-0.15, -0.1) is 0 Å². The first-order valence-electron chi connectivity index (χ1n) is 10.8. The van der Waals surface area contributed by atoms with Gasteiger partial charge in [0.15, 0.2) is 11.9 Å². The third-order valence-corrected chi connectivity index (χ3v) is 5.93. The van der Waals surface area contributed by atoms with E-state index >= 15 is 8.78 Å². The molecular weight excluding hydrogens is 444 g/mol. The molecular formula is C22H30F2N9O+. The molecule has 10 nitrogen and oxygen atoms in total. The van der Waals surface area contributed by atoms with E-state index in [4.69, 9.17) is 11.1 Å². The van der Waals surface area contributed by atoms with Crippen molar-refractivity contribution in [3.05, 3.63) is 36.0 Å². The lowest BCUT2D eigenvalue weighted by atomic mass is 9.85. The summed E-state index contributed by atoms with van der Waals surface area (Å²) >= 11 is 0. The lowest BCUT2D eigenvalue weighted by molar-refractivity contribution is -0.104. The predicted molar refractivity (Wildman–Crippen MR) is 130 cm³/mol. The monoisotopic (exact) mass is 474 g/mol. The van der Waals surface area contributed by atoms with Crippen LogP contribution in [0, 0.1) is 5.41 Å². The van der Waals surface area contributed by atoms with Gasteiger partial charge >= 0.3 is 11.9 Å². The number of primary amides is 1. The number of aromatic nitrogens is 2. The van der Waals surface area contributed by atoms with Gasteiger partial charge in [0, 0.05) is 18.3 Å². The highest BCUT2D eigenvalue weighted by Crippen LogP contribution is 2.40. The molecule has 6 N–H and O–H groups in total. The van der Waals surface area contributed by atoms with Crippen LogP contribution in [-0.2, 0) is 0 Å². The molecule has 1 saturated carbocycles. The van der Waals surface area contributed by atoms with E-state index in [0.29, 0.717) is 24.2 Å². The number of hydrogen-bond acceptors (Lipinski definition) is 8. The second kappa shape index (κ2) is 10.2. The molecule has 0 radical (unpaired) electrons. The van der Waals surface area contributed by atoms with E-state index < -0.39 is 23.9 Å². The summed E-state index contributed by atoms with van der Waals surface area (Å²) in [5.41, 5.74) is 9.50. The number of nitrogens with zero attached hydrogens (tertiary/aromatic N) is 4. The molecule has 1 aromatic carbocycles. The quantitative estimate of drug-likeness (QED) is 0.215. The number of hydrogen-bond donors (Lipinski definition) is 5. The Morgan fingerprint density at radius 2 is 2.09 bits per heavy atom. The van der Waals surface area contributed by atoms with Crippen LogP contribution in [0.25, 0.3) is 0 Å². The first-order chi connectivity index (χ1) is 16.1. The number of amides is 1. The highest BCUT2D eigenvalue weighted by molar-refractivity contribution is 6.14.